The molecule has 0 atom stereocenters. The van der Waals surface area contributed by atoms with Crippen LogP contribution in [-0.4, -0.2) is 13.3 Å². The average Bonchev–Trinajstić information content (AvgIpc) is 1.65. The fourth-order valence-electron chi connectivity index (χ4n) is 0.504. The van der Waals surface area contributed by atoms with Crippen LogP contribution < -0.4 is 0 Å². The van der Waals surface area contributed by atoms with Gasteiger partial charge in [0, 0.05) is 5.92 Å². The summed E-state index contributed by atoms with van der Waals surface area (Å²) in [6, 6.07) is 0. The molecule has 0 aromatic heterocycles. The quantitative estimate of drug-likeness (QED) is 0.547. The Kier molecular flexibility index (Phi) is 3.09. The zero-order chi connectivity index (χ0) is 7.49. The van der Waals surface area contributed by atoms with Gasteiger partial charge in [-0.25, -0.2) is 0 Å². The molecule has 0 aliphatic carbocycles. The predicted octanol–water partition coefficient (Wildman–Crippen LogP) is 2.59. The fraction of sp³-hybridized carbons (Fsp3) is 1.00. The van der Waals surface area contributed by atoms with Crippen LogP contribution in [0.5, 0.6) is 0 Å². The molecule has 0 unspecified atom stereocenters. The Balaban J connectivity index is 3.79. The molecule has 0 heterocycles. The van der Waals surface area contributed by atoms with Gasteiger partial charge in [-0.05, 0) is 5.41 Å². The van der Waals surface area contributed by atoms with Crippen LogP contribution in [0.2, 0.25) is 0 Å². The van der Waals surface area contributed by atoms with Crippen molar-refractivity contribution in [2.24, 2.45) is 11.3 Å². The second kappa shape index (κ2) is 3.14. The van der Waals surface area contributed by atoms with E-state index in [2.05, 4.69) is 0 Å². The van der Waals surface area contributed by atoms with E-state index < -0.39 is 19.3 Å². The van der Waals surface area contributed by atoms with E-state index in [-0.39, 0.29) is 5.41 Å². The van der Waals surface area contributed by atoms with Crippen LogP contribution in [-0.2, 0) is 0 Å². The van der Waals surface area contributed by atoms with Crippen molar-refractivity contribution in [2.45, 2.75) is 20.8 Å². The predicted molar refractivity (Wildman–Crippen MR) is 34.9 cm³/mol. The maximum absolute atomic E-state index is 11.9. The first-order valence-corrected chi connectivity index (χ1v) is 3.14. The van der Waals surface area contributed by atoms with Gasteiger partial charge in [-0.15, -0.1) is 0 Å². The highest BCUT2D eigenvalue weighted by atomic mass is 19.1. The third kappa shape index (κ3) is 2.78. The van der Waals surface area contributed by atoms with Crippen molar-refractivity contribution >= 4 is 0 Å². The molecular weight excluding hydrogens is 122 g/mol. The van der Waals surface area contributed by atoms with Gasteiger partial charge in [0.25, 0.3) is 0 Å². The van der Waals surface area contributed by atoms with Crippen LogP contribution in [0.25, 0.3) is 0 Å². The summed E-state index contributed by atoms with van der Waals surface area (Å²) in [7, 11) is 0. The Labute approximate surface area is 55.3 Å². The fourth-order valence-corrected chi connectivity index (χ4v) is 0.504. The molecule has 0 saturated heterocycles. The lowest BCUT2D eigenvalue weighted by Crippen LogP contribution is -2.23. The highest BCUT2D eigenvalue weighted by Gasteiger charge is 2.23. The summed E-state index contributed by atoms with van der Waals surface area (Å²) in [6.07, 6.45) is 0. The van der Waals surface area contributed by atoms with Crippen LogP contribution in [0.4, 0.5) is 8.78 Å². The SMILES string of the molecule is CC(C)(C)C(CF)CF. The van der Waals surface area contributed by atoms with Crippen molar-refractivity contribution in [3.8, 4) is 0 Å². The highest BCUT2D eigenvalue weighted by molar-refractivity contribution is 4.71. The Morgan fingerprint density at radius 2 is 1.44 bits per heavy atom. The molecule has 0 aliphatic heterocycles. The lowest BCUT2D eigenvalue weighted by molar-refractivity contribution is 0.153. The van der Waals surface area contributed by atoms with E-state index >= 15 is 0 Å². The van der Waals surface area contributed by atoms with Gasteiger partial charge in [-0.3, -0.25) is 8.78 Å². The Morgan fingerprint density at radius 3 is 1.44 bits per heavy atom. The van der Waals surface area contributed by atoms with Gasteiger partial charge in [0.1, 0.15) is 0 Å². The Hall–Kier alpha value is -0.140. The minimum absolute atomic E-state index is 0.233. The van der Waals surface area contributed by atoms with Crippen LogP contribution in [0, 0.1) is 11.3 Å². The minimum atomic E-state index is -0.556. The topological polar surface area (TPSA) is 0 Å². The molecule has 0 radical (unpaired) electrons. The maximum Gasteiger partial charge on any atom is 0.0952 e. The van der Waals surface area contributed by atoms with Crippen molar-refractivity contribution < 1.29 is 8.78 Å². The molecule has 9 heavy (non-hydrogen) atoms. The van der Waals surface area contributed by atoms with Gasteiger partial charge in [0.2, 0.25) is 0 Å². The second-order valence-electron chi connectivity index (χ2n) is 3.37. The summed E-state index contributed by atoms with van der Waals surface area (Å²) in [5.41, 5.74) is -0.233. The molecule has 0 aromatic rings. The van der Waals surface area contributed by atoms with E-state index in [0.717, 1.165) is 0 Å². The summed E-state index contributed by atoms with van der Waals surface area (Å²) in [5, 5.41) is 0. The monoisotopic (exact) mass is 136 g/mol. The normalized spacial score (nSPS) is 12.7. The molecule has 0 aromatic carbocycles. The van der Waals surface area contributed by atoms with Crippen molar-refractivity contribution in [3.05, 3.63) is 0 Å². The largest absolute Gasteiger partial charge is 0.251 e. The van der Waals surface area contributed by atoms with Gasteiger partial charge in [0.15, 0.2) is 0 Å². The first kappa shape index (κ1) is 8.86. The van der Waals surface area contributed by atoms with Crippen molar-refractivity contribution in [3.63, 3.8) is 0 Å². The van der Waals surface area contributed by atoms with E-state index in [9.17, 15) is 8.78 Å². The van der Waals surface area contributed by atoms with E-state index in [1.54, 1.807) is 0 Å². The van der Waals surface area contributed by atoms with Crippen LogP contribution in [0.15, 0.2) is 0 Å². The number of hydrogen-bond donors (Lipinski definition) is 0. The van der Waals surface area contributed by atoms with E-state index in [1.807, 2.05) is 20.8 Å². The molecule has 0 rings (SSSR count). The summed E-state index contributed by atoms with van der Waals surface area (Å²) >= 11 is 0. The molecule has 0 N–H and O–H groups in total. The Morgan fingerprint density at radius 1 is 1.11 bits per heavy atom. The molecule has 0 fully saturated rings. The number of alkyl halides is 2. The first-order valence-electron chi connectivity index (χ1n) is 3.14. The van der Waals surface area contributed by atoms with Crippen molar-refractivity contribution in [1.82, 2.24) is 0 Å². The molecule has 0 spiro atoms. The molecule has 0 aliphatic rings. The van der Waals surface area contributed by atoms with E-state index in [0.29, 0.717) is 0 Å². The van der Waals surface area contributed by atoms with Gasteiger partial charge >= 0.3 is 0 Å². The van der Waals surface area contributed by atoms with Gasteiger partial charge in [-0.2, -0.15) is 0 Å². The van der Waals surface area contributed by atoms with Crippen LogP contribution >= 0.6 is 0 Å². The van der Waals surface area contributed by atoms with Gasteiger partial charge in [0.05, 0.1) is 13.3 Å². The molecule has 56 valence electrons. The van der Waals surface area contributed by atoms with Crippen LogP contribution in [0.3, 0.4) is 0 Å². The number of rotatable bonds is 2. The summed E-state index contributed by atoms with van der Waals surface area (Å²) in [5.74, 6) is -0.433. The second-order valence-corrected chi connectivity index (χ2v) is 3.37. The van der Waals surface area contributed by atoms with Crippen molar-refractivity contribution in [2.75, 3.05) is 13.3 Å². The minimum Gasteiger partial charge on any atom is -0.251 e. The standard InChI is InChI=1S/C7H14F2/c1-7(2,3)6(4-8)5-9/h6H,4-5H2,1-3H3. The molecule has 0 saturated carbocycles. The lowest BCUT2D eigenvalue weighted by atomic mass is 9.82. The Bertz CT molecular complexity index is 69.5. The molecule has 2 heteroatoms. The van der Waals surface area contributed by atoms with Gasteiger partial charge in [-0.1, -0.05) is 20.8 Å². The maximum atomic E-state index is 11.9. The van der Waals surface area contributed by atoms with Gasteiger partial charge < -0.3 is 0 Å². The first-order chi connectivity index (χ1) is 4.02. The van der Waals surface area contributed by atoms with Crippen molar-refractivity contribution in [1.29, 1.82) is 0 Å². The molecule has 0 bridgehead atoms. The van der Waals surface area contributed by atoms with Crippen LogP contribution in [0.1, 0.15) is 20.8 Å². The average molecular weight is 136 g/mol. The highest BCUT2D eigenvalue weighted by Crippen LogP contribution is 2.26. The third-order valence-electron chi connectivity index (χ3n) is 1.60. The summed E-state index contributed by atoms with van der Waals surface area (Å²) < 4.78 is 23.8. The molecular formula is C7H14F2. The van der Waals surface area contributed by atoms with E-state index in [4.69, 9.17) is 0 Å². The zero-order valence-corrected chi connectivity index (χ0v) is 6.25. The third-order valence-corrected chi connectivity index (χ3v) is 1.60. The summed E-state index contributed by atoms with van der Waals surface area (Å²) in [4.78, 5) is 0. The number of hydrogen-bond acceptors (Lipinski definition) is 0. The number of halogens is 2. The van der Waals surface area contributed by atoms with E-state index in [1.165, 1.54) is 0 Å². The zero-order valence-electron chi connectivity index (χ0n) is 6.25. The summed E-state index contributed by atoms with van der Waals surface area (Å²) in [6.45, 7) is 4.42. The molecule has 0 nitrogen and oxygen atoms in total. The smallest absolute Gasteiger partial charge is 0.0952 e. The molecule has 0 amide bonds. The lowest BCUT2D eigenvalue weighted by Gasteiger charge is -2.25.